The summed E-state index contributed by atoms with van der Waals surface area (Å²) in [4.78, 5) is 13.9. The molecule has 1 fully saturated rings. The lowest BCUT2D eigenvalue weighted by molar-refractivity contribution is -0.122. The lowest BCUT2D eigenvalue weighted by Gasteiger charge is -2.18. The molecule has 104 valence electrons. The van der Waals surface area contributed by atoms with E-state index >= 15 is 0 Å². The monoisotopic (exact) mass is 260 g/mol. The number of benzene rings is 1. The minimum atomic E-state index is 0.215. The van der Waals surface area contributed by atoms with Crippen LogP contribution in [0.5, 0.6) is 0 Å². The van der Waals surface area contributed by atoms with Gasteiger partial charge >= 0.3 is 0 Å². The van der Waals surface area contributed by atoms with Gasteiger partial charge in [0, 0.05) is 19.0 Å². The molecule has 1 aromatic rings. The number of nitrogens with zero attached hydrogens (tertiary/aromatic N) is 1. The van der Waals surface area contributed by atoms with Gasteiger partial charge in [-0.1, -0.05) is 38.1 Å². The highest BCUT2D eigenvalue weighted by Crippen LogP contribution is 2.28. The SMILES string of the molecule is CCN(CC)Cc1ccc(CNC(=O)C2CC2)cc1. The summed E-state index contributed by atoms with van der Waals surface area (Å²) >= 11 is 0. The van der Waals surface area contributed by atoms with Crippen molar-refractivity contribution in [2.75, 3.05) is 13.1 Å². The average molecular weight is 260 g/mol. The van der Waals surface area contributed by atoms with Gasteiger partial charge in [-0.25, -0.2) is 0 Å². The van der Waals surface area contributed by atoms with Crippen molar-refractivity contribution in [3.8, 4) is 0 Å². The number of rotatable bonds is 7. The molecule has 0 aliphatic heterocycles. The highest BCUT2D eigenvalue weighted by atomic mass is 16.2. The normalized spacial score (nSPS) is 14.7. The molecule has 19 heavy (non-hydrogen) atoms. The van der Waals surface area contributed by atoms with Gasteiger partial charge in [-0.3, -0.25) is 9.69 Å². The van der Waals surface area contributed by atoms with Gasteiger partial charge in [0.2, 0.25) is 5.91 Å². The summed E-state index contributed by atoms with van der Waals surface area (Å²) in [6.07, 6.45) is 2.13. The second kappa shape index (κ2) is 6.71. The van der Waals surface area contributed by atoms with Gasteiger partial charge in [-0.2, -0.15) is 0 Å². The average Bonchev–Trinajstić information content (AvgIpc) is 3.28. The Morgan fingerprint density at radius 3 is 2.26 bits per heavy atom. The predicted molar refractivity (Wildman–Crippen MR) is 77.6 cm³/mol. The first-order valence-electron chi connectivity index (χ1n) is 7.30. The Kier molecular flexibility index (Phi) is 4.97. The van der Waals surface area contributed by atoms with Crippen LogP contribution in [0.15, 0.2) is 24.3 Å². The number of amides is 1. The fourth-order valence-electron chi connectivity index (χ4n) is 2.15. The van der Waals surface area contributed by atoms with Crippen molar-refractivity contribution in [3.05, 3.63) is 35.4 Å². The molecule has 0 heterocycles. The number of hydrogen-bond acceptors (Lipinski definition) is 2. The third kappa shape index (κ3) is 4.35. The van der Waals surface area contributed by atoms with Crippen molar-refractivity contribution in [2.45, 2.75) is 39.8 Å². The lowest BCUT2D eigenvalue weighted by Crippen LogP contribution is -2.24. The van der Waals surface area contributed by atoms with Gasteiger partial charge in [0.05, 0.1) is 0 Å². The van der Waals surface area contributed by atoms with E-state index in [0.717, 1.165) is 32.5 Å². The molecule has 1 aliphatic rings. The summed E-state index contributed by atoms with van der Waals surface area (Å²) in [5.41, 5.74) is 2.51. The fourth-order valence-corrected chi connectivity index (χ4v) is 2.15. The maximum absolute atomic E-state index is 11.6. The molecule has 0 aromatic heterocycles. The summed E-state index contributed by atoms with van der Waals surface area (Å²) in [6.45, 7) is 8.19. The molecule has 0 unspecified atom stereocenters. The van der Waals surface area contributed by atoms with Crippen molar-refractivity contribution in [1.29, 1.82) is 0 Å². The van der Waals surface area contributed by atoms with E-state index in [1.165, 1.54) is 11.1 Å². The van der Waals surface area contributed by atoms with Crippen molar-refractivity contribution in [1.82, 2.24) is 10.2 Å². The van der Waals surface area contributed by atoms with Crippen LogP contribution in [0.4, 0.5) is 0 Å². The van der Waals surface area contributed by atoms with Gasteiger partial charge in [0.1, 0.15) is 0 Å². The van der Waals surface area contributed by atoms with Crippen LogP contribution >= 0.6 is 0 Å². The van der Waals surface area contributed by atoms with Crippen LogP contribution in [-0.4, -0.2) is 23.9 Å². The Bertz CT molecular complexity index is 405. The van der Waals surface area contributed by atoms with Crippen LogP contribution in [0.2, 0.25) is 0 Å². The summed E-state index contributed by atoms with van der Waals surface area (Å²) in [5, 5.41) is 2.99. The van der Waals surface area contributed by atoms with Crippen LogP contribution in [-0.2, 0) is 17.9 Å². The van der Waals surface area contributed by atoms with Crippen molar-refractivity contribution < 1.29 is 4.79 Å². The number of hydrogen-bond donors (Lipinski definition) is 1. The zero-order valence-electron chi connectivity index (χ0n) is 12.0. The Morgan fingerprint density at radius 1 is 1.16 bits per heavy atom. The topological polar surface area (TPSA) is 32.3 Å². The number of carbonyl (C=O) groups excluding carboxylic acids is 1. The van der Waals surface area contributed by atoms with Gasteiger partial charge in [-0.05, 0) is 37.1 Å². The maximum atomic E-state index is 11.6. The van der Waals surface area contributed by atoms with E-state index in [1.807, 2.05) is 0 Å². The van der Waals surface area contributed by atoms with E-state index in [1.54, 1.807) is 0 Å². The molecule has 0 saturated heterocycles. The number of nitrogens with one attached hydrogen (secondary N) is 1. The van der Waals surface area contributed by atoms with Gasteiger partial charge in [-0.15, -0.1) is 0 Å². The van der Waals surface area contributed by atoms with E-state index in [9.17, 15) is 4.79 Å². The van der Waals surface area contributed by atoms with E-state index in [-0.39, 0.29) is 5.91 Å². The van der Waals surface area contributed by atoms with Gasteiger partial charge < -0.3 is 5.32 Å². The summed E-state index contributed by atoms with van der Waals surface area (Å²) in [5.74, 6) is 0.508. The van der Waals surface area contributed by atoms with Crippen LogP contribution in [0.25, 0.3) is 0 Å². The van der Waals surface area contributed by atoms with Crippen molar-refractivity contribution >= 4 is 5.91 Å². The van der Waals surface area contributed by atoms with Crippen LogP contribution in [0.3, 0.4) is 0 Å². The second-order valence-corrected chi connectivity index (χ2v) is 5.27. The molecule has 3 heteroatoms. The predicted octanol–water partition coefficient (Wildman–Crippen LogP) is 2.55. The lowest BCUT2D eigenvalue weighted by atomic mass is 10.1. The van der Waals surface area contributed by atoms with E-state index < -0.39 is 0 Å². The third-order valence-electron chi connectivity index (χ3n) is 3.74. The molecule has 0 bridgehead atoms. The first-order valence-corrected chi connectivity index (χ1v) is 7.30. The van der Waals surface area contributed by atoms with Gasteiger partial charge in [0.25, 0.3) is 0 Å². The van der Waals surface area contributed by atoms with Crippen molar-refractivity contribution in [2.24, 2.45) is 5.92 Å². The molecule has 1 aliphatic carbocycles. The molecule has 0 spiro atoms. The minimum Gasteiger partial charge on any atom is -0.352 e. The maximum Gasteiger partial charge on any atom is 0.223 e. The molecule has 1 N–H and O–H groups in total. The first-order chi connectivity index (χ1) is 9.22. The highest BCUT2D eigenvalue weighted by molar-refractivity contribution is 5.80. The molecule has 1 aromatic carbocycles. The Labute approximate surface area is 116 Å². The van der Waals surface area contributed by atoms with Crippen molar-refractivity contribution in [3.63, 3.8) is 0 Å². The molecular weight excluding hydrogens is 236 g/mol. The Balaban J connectivity index is 1.81. The molecule has 3 nitrogen and oxygen atoms in total. The number of carbonyl (C=O) groups is 1. The van der Waals surface area contributed by atoms with E-state index in [2.05, 4.69) is 48.3 Å². The summed E-state index contributed by atoms with van der Waals surface area (Å²) < 4.78 is 0. The quantitative estimate of drug-likeness (QED) is 0.817. The minimum absolute atomic E-state index is 0.215. The van der Waals surface area contributed by atoms with E-state index in [0.29, 0.717) is 12.5 Å². The van der Waals surface area contributed by atoms with Crippen LogP contribution in [0.1, 0.15) is 37.8 Å². The third-order valence-corrected chi connectivity index (χ3v) is 3.74. The smallest absolute Gasteiger partial charge is 0.223 e. The molecule has 1 saturated carbocycles. The van der Waals surface area contributed by atoms with E-state index in [4.69, 9.17) is 0 Å². The molecule has 1 amide bonds. The fraction of sp³-hybridized carbons (Fsp3) is 0.562. The molecular formula is C16H24N2O. The summed E-state index contributed by atoms with van der Waals surface area (Å²) in [6, 6.07) is 8.56. The molecule has 0 radical (unpaired) electrons. The second-order valence-electron chi connectivity index (χ2n) is 5.27. The van der Waals surface area contributed by atoms with Gasteiger partial charge in [0.15, 0.2) is 0 Å². The first kappa shape index (κ1) is 14.1. The highest BCUT2D eigenvalue weighted by Gasteiger charge is 2.29. The zero-order chi connectivity index (χ0) is 13.7. The molecule has 0 atom stereocenters. The Hall–Kier alpha value is -1.35. The van der Waals surface area contributed by atoms with Crippen LogP contribution < -0.4 is 5.32 Å². The largest absolute Gasteiger partial charge is 0.352 e. The zero-order valence-corrected chi connectivity index (χ0v) is 12.0. The Morgan fingerprint density at radius 2 is 1.74 bits per heavy atom. The molecule has 2 rings (SSSR count). The van der Waals surface area contributed by atoms with Crippen LogP contribution in [0, 0.1) is 5.92 Å². The standard InChI is InChI=1S/C16H24N2O/c1-3-18(4-2)12-14-7-5-13(6-8-14)11-17-16(19)15-9-10-15/h5-8,15H,3-4,9-12H2,1-2H3,(H,17,19). The summed E-state index contributed by atoms with van der Waals surface area (Å²) in [7, 11) is 0.